The lowest BCUT2D eigenvalue weighted by Crippen LogP contribution is -2.47. The van der Waals surface area contributed by atoms with Crippen molar-refractivity contribution < 1.29 is 9.47 Å². The van der Waals surface area contributed by atoms with Crippen molar-refractivity contribution >= 4 is 0 Å². The Kier molecular flexibility index (Phi) is 19.9. The van der Waals surface area contributed by atoms with Gasteiger partial charge in [-0.15, -0.1) is 0 Å². The third-order valence-electron chi connectivity index (χ3n) is 2.90. The summed E-state index contributed by atoms with van der Waals surface area (Å²) in [5.41, 5.74) is 0. The van der Waals surface area contributed by atoms with Crippen LogP contribution in [0.5, 0.6) is 0 Å². The highest BCUT2D eigenvalue weighted by molar-refractivity contribution is 4.70. The molecule has 1 fully saturated rings. The van der Waals surface area contributed by atoms with Crippen LogP contribution in [0.3, 0.4) is 0 Å². The number of methoxy groups -OCH3 is 1. The van der Waals surface area contributed by atoms with Gasteiger partial charge in [0.05, 0.1) is 19.8 Å². The summed E-state index contributed by atoms with van der Waals surface area (Å²) in [5, 5.41) is 0. The van der Waals surface area contributed by atoms with E-state index in [-0.39, 0.29) is 0 Å². The summed E-state index contributed by atoms with van der Waals surface area (Å²) in [7, 11) is 1.70. The minimum Gasteiger partial charge on any atom is -0.382 e. The van der Waals surface area contributed by atoms with Crippen LogP contribution in [-0.2, 0) is 9.47 Å². The van der Waals surface area contributed by atoms with E-state index >= 15 is 0 Å². The van der Waals surface area contributed by atoms with Gasteiger partial charge in [0.2, 0.25) is 0 Å². The first-order valence-corrected chi connectivity index (χ1v) is 7.88. The molecule has 0 spiro atoms. The molecule has 0 unspecified atom stereocenters. The van der Waals surface area contributed by atoms with Crippen LogP contribution in [0.4, 0.5) is 0 Å². The van der Waals surface area contributed by atoms with Crippen LogP contribution in [0.25, 0.3) is 0 Å². The molecule has 0 bridgehead atoms. The van der Waals surface area contributed by atoms with Crippen molar-refractivity contribution in [2.24, 2.45) is 0 Å². The summed E-state index contributed by atoms with van der Waals surface area (Å²) < 4.78 is 10.4. The normalized spacial score (nSPS) is 16.1. The summed E-state index contributed by atoms with van der Waals surface area (Å²) in [6, 6.07) is 0. The number of piperazine rings is 1. The van der Waals surface area contributed by atoms with Crippen LogP contribution in [0.15, 0.2) is 0 Å². The molecular formula is C15H36N2O2. The molecule has 1 aliphatic rings. The van der Waals surface area contributed by atoms with Gasteiger partial charge < -0.3 is 14.4 Å². The molecule has 19 heavy (non-hydrogen) atoms. The molecule has 4 heteroatoms. The largest absolute Gasteiger partial charge is 0.382 e. The van der Waals surface area contributed by atoms with E-state index in [9.17, 15) is 0 Å². The van der Waals surface area contributed by atoms with Gasteiger partial charge in [0.1, 0.15) is 0 Å². The van der Waals surface area contributed by atoms with Gasteiger partial charge in [0, 0.05) is 39.8 Å². The smallest absolute Gasteiger partial charge is 0.0700 e. The quantitative estimate of drug-likeness (QED) is 0.666. The van der Waals surface area contributed by atoms with Gasteiger partial charge in [0.25, 0.3) is 0 Å². The fraction of sp³-hybridized carbons (Fsp3) is 1.00. The molecule has 1 heterocycles. The zero-order chi connectivity index (χ0) is 14.9. The van der Waals surface area contributed by atoms with E-state index in [0.29, 0.717) is 13.2 Å². The molecule has 0 amide bonds. The predicted molar refractivity (Wildman–Crippen MR) is 83.9 cm³/mol. The molecule has 0 N–H and O–H groups in total. The van der Waals surface area contributed by atoms with Crippen LogP contribution in [0.1, 0.15) is 34.6 Å². The lowest BCUT2D eigenvalue weighted by atomic mass is 10.3. The van der Waals surface area contributed by atoms with Gasteiger partial charge >= 0.3 is 0 Å². The third-order valence-corrected chi connectivity index (χ3v) is 2.90. The molecule has 0 aromatic heterocycles. The van der Waals surface area contributed by atoms with Crippen LogP contribution >= 0.6 is 0 Å². The summed E-state index contributed by atoms with van der Waals surface area (Å²) in [6.07, 6.45) is 0. The molecular weight excluding hydrogens is 240 g/mol. The number of nitrogens with zero attached hydrogens (tertiary/aromatic N) is 2. The van der Waals surface area contributed by atoms with Crippen LogP contribution in [-0.4, -0.2) is 76.0 Å². The van der Waals surface area contributed by atoms with Crippen molar-refractivity contribution in [3.8, 4) is 0 Å². The Morgan fingerprint density at radius 3 is 1.79 bits per heavy atom. The SMILES string of the molecule is CC.CC.CCN1CCN(CCOCCOC)CC1. The molecule has 1 rings (SSSR count). The highest BCUT2D eigenvalue weighted by atomic mass is 16.5. The Bertz CT molecular complexity index is 149. The van der Waals surface area contributed by atoms with Crippen molar-refractivity contribution in [2.75, 3.05) is 66.2 Å². The maximum atomic E-state index is 5.45. The van der Waals surface area contributed by atoms with Crippen LogP contribution in [0, 0.1) is 0 Å². The molecule has 118 valence electrons. The second-order valence-corrected chi connectivity index (χ2v) is 3.88. The second kappa shape index (κ2) is 17.8. The lowest BCUT2D eigenvalue weighted by Gasteiger charge is -2.33. The van der Waals surface area contributed by atoms with Crippen LogP contribution < -0.4 is 0 Å². The van der Waals surface area contributed by atoms with Gasteiger partial charge in [-0.05, 0) is 6.54 Å². The van der Waals surface area contributed by atoms with Gasteiger partial charge in [0.15, 0.2) is 0 Å². The molecule has 0 aromatic rings. The molecule has 0 radical (unpaired) electrons. The Labute approximate surface area is 121 Å². The molecule has 0 saturated carbocycles. The Morgan fingerprint density at radius 2 is 1.32 bits per heavy atom. The lowest BCUT2D eigenvalue weighted by molar-refractivity contribution is 0.0467. The number of hydrogen-bond acceptors (Lipinski definition) is 4. The predicted octanol–water partition coefficient (Wildman–Crippen LogP) is 2.34. The van der Waals surface area contributed by atoms with Gasteiger partial charge in [-0.3, -0.25) is 4.90 Å². The summed E-state index contributed by atoms with van der Waals surface area (Å²) in [6.45, 7) is 19.5. The monoisotopic (exact) mass is 276 g/mol. The van der Waals surface area contributed by atoms with Gasteiger partial charge in [-0.1, -0.05) is 34.6 Å². The molecule has 0 aliphatic carbocycles. The summed E-state index contributed by atoms with van der Waals surface area (Å²) in [4.78, 5) is 4.96. The van der Waals surface area contributed by atoms with E-state index in [1.807, 2.05) is 27.7 Å². The fourth-order valence-electron chi connectivity index (χ4n) is 1.77. The van der Waals surface area contributed by atoms with E-state index in [1.165, 1.54) is 32.7 Å². The standard InChI is InChI=1S/C11H24N2O2.2C2H6/c1-3-12-4-6-13(7-5-12)8-9-15-11-10-14-2;2*1-2/h3-11H2,1-2H3;2*1-2H3. The van der Waals surface area contributed by atoms with E-state index in [1.54, 1.807) is 7.11 Å². The fourth-order valence-corrected chi connectivity index (χ4v) is 1.77. The number of likely N-dealkylation sites (N-methyl/N-ethyl adjacent to an activating group) is 1. The second-order valence-electron chi connectivity index (χ2n) is 3.88. The molecule has 0 atom stereocenters. The third kappa shape index (κ3) is 12.6. The molecule has 0 aromatic carbocycles. The zero-order valence-electron chi connectivity index (χ0n) is 14.1. The average Bonchev–Trinajstić information content (AvgIpc) is 2.52. The summed E-state index contributed by atoms with van der Waals surface area (Å²) in [5.74, 6) is 0. The van der Waals surface area contributed by atoms with E-state index < -0.39 is 0 Å². The van der Waals surface area contributed by atoms with Crippen molar-refractivity contribution in [2.45, 2.75) is 34.6 Å². The van der Waals surface area contributed by atoms with Crippen molar-refractivity contribution in [3.05, 3.63) is 0 Å². The first kappa shape index (κ1) is 21.1. The Hall–Kier alpha value is -0.160. The van der Waals surface area contributed by atoms with E-state index in [0.717, 1.165) is 13.2 Å². The van der Waals surface area contributed by atoms with Gasteiger partial charge in [-0.2, -0.15) is 0 Å². The summed E-state index contributed by atoms with van der Waals surface area (Å²) >= 11 is 0. The van der Waals surface area contributed by atoms with Crippen molar-refractivity contribution in [1.29, 1.82) is 0 Å². The first-order valence-electron chi connectivity index (χ1n) is 7.88. The maximum Gasteiger partial charge on any atom is 0.0700 e. The highest BCUT2D eigenvalue weighted by Gasteiger charge is 2.14. The van der Waals surface area contributed by atoms with E-state index in [2.05, 4.69) is 16.7 Å². The minimum atomic E-state index is 0.698. The van der Waals surface area contributed by atoms with Crippen molar-refractivity contribution in [1.82, 2.24) is 9.80 Å². The van der Waals surface area contributed by atoms with Crippen LogP contribution in [0.2, 0.25) is 0 Å². The topological polar surface area (TPSA) is 24.9 Å². The van der Waals surface area contributed by atoms with Gasteiger partial charge in [-0.25, -0.2) is 0 Å². The molecule has 1 aliphatic heterocycles. The molecule has 4 nitrogen and oxygen atoms in total. The number of rotatable bonds is 7. The maximum absolute atomic E-state index is 5.45. The zero-order valence-corrected chi connectivity index (χ0v) is 14.1. The van der Waals surface area contributed by atoms with E-state index in [4.69, 9.17) is 9.47 Å². The average molecular weight is 276 g/mol. The Balaban J connectivity index is 0. The number of ether oxygens (including phenoxy) is 2. The van der Waals surface area contributed by atoms with Crippen molar-refractivity contribution in [3.63, 3.8) is 0 Å². The first-order chi connectivity index (χ1) is 9.36. The Morgan fingerprint density at radius 1 is 0.789 bits per heavy atom. The minimum absolute atomic E-state index is 0.698. The molecule has 1 saturated heterocycles. The highest BCUT2D eigenvalue weighted by Crippen LogP contribution is 2.00. The number of hydrogen-bond donors (Lipinski definition) is 0.